The van der Waals surface area contributed by atoms with Crippen LogP contribution in [0.5, 0.6) is 5.88 Å². The molecule has 0 spiro atoms. The Labute approximate surface area is 243 Å². The number of amides is 1. The van der Waals surface area contributed by atoms with Crippen LogP contribution < -0.4 is 9.46 Å². The number of aryl methyl sites for hydroxylation is 2. The van der Waals surface area contributed by atoms with Gasteiger partial charge in [-0.15, -0.1) is 0 Å². The van der Waals surface area contributed by atoms with Gasteiger partial charge in [-0.05, 0) is 76.3 Å². The Morgan fingerprint density at radius 1 is 1.07 bits per heavy atom. The second kappa shape index (κ2) is 12.2. The van der Waals surface area contributed by atoms with E-state index in [0.29, 0.717) is 25.3 Å². The first-order chi connectivity index (χ1) is 19.2. The summed E-state index contributed by atoms with van der Waals surface area (Å²) in [6.07, 6.45) is 0.666. The topological polar surface area (TPSA) is 111 Å². The zero-order valence-electron chi connectivity index (χ0n) is 24.9. The molecule has 0 saturated heterocycles. The van der Waals surface area contributed by atoms with Gasteiger partial charge in [0.1, 0.15) is 6.61 Å². The molecule has 1 amide bonds. The number of anilines is 1. The molecule has 10 heteroatoms. The number of sulfonamides is 1. The third-order valence-electron chi connectivity index (χ3n) is 6.79. The minimum Gasteiger partial charge on any atom is -0.475 e. The van der Waals surface area contributed by atoms with Crippen LogP contribution in [0.15, 0.2) is 53.4 Å². The van der Waals surface area contributed by atoms with Gasteiger partial charge in [0, 0.05) is 23.7 Å². The Kier molecular flexibility index (Phi) is 9.03. The van der Waals surface area contributed by atoms with E-state index < -0.39 is 10.0 Å². The quantitative estimate of drug-likeness (QED) is 0.403. The van der Waals surface area contributed by atoms with E-state index in [0.717, 1.165) is 16.7 Å². The van der Waals surface area contributed by atoms with Crippen LogP contribution in [-0.2, 0) is 14.8 Å². The van der Waals surface area contributed by atoms with E-state index >= 15 is 0 Å². The van der Waals surface area contributed by atoms with Crippen molar-refractivity contribution in [3.63, 3.8) is 0 Å². The maximum Gasteiger partial charge on any atom is 0.264 e. The summed E-state index contributed by atoms with van der Waals surface area (Å²) in [6, 6.07) is 13.4. The molecule has 2 aromatic carbocycles. The molecule has 1 aliphatic rings. The van der Waals surface area contributed by atoms with Crippen molar-refractivity contribution in [1.29, 1.82) is 0 Å². The molecule has 4 bridgehead atoms. The lowest BCUT2D eigenvalue weighted by Crippen LogP contribution is -2.46. The molecule has 1 atom stereocenters. The number of ether oxygens (including phenoxy) is 2. The number of carbonyl (C=O) groups is 1. The van der Waals surface area contributed by atoms with Crippen LogP contribution in [0.3, 0.4) is 0 Å². The van der Waals surface area contributed by atoms with Crippen molar-refractivity contribution < 1.29 is 22.7 Å². The van der Waals surface area contributed by atoms with Crippen molar-refractivity contribution in [2.24, 2.45) is 5.92 Å². The van der Waals surface area contributed by atoms with Gasteiger partial charge in [-0.25, -0.2) is 18.1 Å². The lowest BCUT2D eigenvalue weighted by atomic mass is 10.00. The number of aromatic nitrogens is 2. The van der Waals surface area contributed by atoms with E-state index in [1.165, 1.54) is 12.1 Å². The van der Waals surface area contributed by atoms with Crippen LogP contribution in [-0.4, -0.2) is 60.6 Å². The number of benzene rings is 2. The van der Waals surface area contributed by atoms with Crippen molar-refractivity contribution in [3.8, 4) is 17.1 Å². The number of nitrogens with one attached hydrogen (secondary N) is 1. The Bertz CT molecular complexity index is 1490. The van der Waals surface area contributed by atoms with Crippen molar-refractivity contribution in [1.82, 2.24) is 14.9 Å². The fraction of sp³-hybridized carbons (Fsp3) is 0.452. The second-order valence-electron chi connectivity index (χ2n) is 11.9. The predicted molar refractivity (Wildman–Crippen MR) is 160 cm³/mol. The molecule has 3 aromatic rings. The monoisotopic (exact) mass is 580 g/mol. The van der Waals surface area contributed by atoms with Gasteiger partial charge >= 0.3 is 0 Å². The number of hydrogen-bond donors (Lipinski definition) is 1. The highest BCUT2D eigenvalue weighted by Crippen LogP contribution is 2.30. The molecular weight excluding hydrogens is 540 g/mol. The Balaban J connectivity index is 1.85. The van der Waals surface area contributed by atoms with E-state index in [2.05, 4.69) is 28.5 Å². The first-order valence-corrected chi connectivity index (χ1v) is 15.4. The third-order valence-corrected chi connectivity index (χ3v) is 8.12. The van der Waals surface area contributed by atoms with E-state index in [9.17, 15) is 13.2 Å². The van der Waals surface area contributed by atoms with Gasteiger partial charge in [0.2, 0.25) is 11.8 Å². The van der Waals surface area contributed by atoms with Crippen LogP contribution in [0, 0.1) is 19.8 Å². The standard InChI is InChI=1S/C31H40N4O5S/c1-20(2)16-24-19-39-27-18-26(28-21(3)10-8-11-22(28)4)32-30(33-27)34-41(37,38)25-13-9-12-23(17-25)29(36)35(24)14-15-40-31(5,6)7/h8-13,17-18,20,24H,14-16,19H2,1-7H3,(H,32,33,34)/t24-/m1/s1. The Hall–Kier alpha value is -3.50. The summed E-state index contributed by atoms with van der Waals surface area (Å²) in [6.45, 7) is 14.8. The number of hydrogen-bond acceptors (Lipinski definition) is 7. The summed E-state index contributed by atoms with van der Waals surface area (Å²) in [4.78, 5) is 24.6. The van der Waals surface area contributed by atoms with Gasteiger partial charge < -0.3 is 14.4 Å². The number of carbonyl (C=O) groups excluding carboxylic acids is 1. The Morgan fingerprint density at radius 2 is 1.76 bits per heavy atom. The minimum absolute atomic E-state index is 0.0579. The highest BCUT2D eigenvalue weighted by atomic mass is 32.2. The van der Waals surface area contributed by atoms with Crippen molar-refractivity contribution in [2.75, 3.05) is 24.5 Å². The molecule has 220 valence electrons. The predicted octanol–water partition coefficient (Wildman–Crippen LogP) is 5.63. The van der Waals surface area contributed by atoms with Gasteiger partial charge in [0.25, 0.3) is 15.9 Å². The molecule has 1 N–H and O–H groups in total. The molecular formula is C31H40N4O5S. The maximum absolute atomic E-state index is 13.9. The second-order valence-corrected chi connectivity index (χ2v) is 13.6. The van der Waals surface area contributed by atoms with Crippen LogP contribution >= 0.6 is 0 Å². The summed E-state index contributed by atoms with van der Waals surface area (Å²) < 4.78 is 41.6. The van der Waals surface area contributed by atoms with Crippen LogP contribution in [0.2, 0.25) is 0 Å². The zero-order chi connectivity index (χ0) is 29.9. The molecule has 4 rings (SSSR count). The highest BCUT2D eigenvalue weighted by Gasteiger charge is 2.29. The molecule has 9 nitrogen and oxygen atoms in total. The van der Waals surface area contributed by atoms with Crippen LogP contribution in [0.25, 0.3) is 11.3 Å². The lowest BCUT2D eigenvalue weighted by molar-refractivity contribution is -0.0188. The van der Waals surface area contributed by atoms with E-state index in [4.69, 9.17) is 9.47 Å². The maximum atomic E-state index is 13.9. The number of fused-ring (bicyclic) bond motifs is 4. The molecule has 0 unspecified atom stereocenters. The smallest absolute Gasteiger partial charge is 0.264 e. The highest BCUT2D eigenvalue weighted by molar-refractivity contribution is 7.92. The van der Waals surface area contributed by atoms with Crippen molar-refractivity contribution in [2.45, 2.75) is 71.4 Å². The average molecular weight is 581 g/mol. The van der Waals surface area contributed by atoms with E-state index in [1.54, 1.807) is 23.1 Å². The summed E-state index contributed by atoms with van der Waals surface area (Å²) in [5.74, 6) is 0.0834. The summed E-state index contributed by atoms with van der Waals surface area (Å²) >= 11 is 0. The molecule has 0 fully saturated rings. The van der Waals surface area contributed by atoms with Crippen molar-refractivity contribution >= 4 is 21.9 Å². The number of nitrogens with zero attached hydrogens (tertiary/aromatic N) is 3. The summed E-state index contributed by atoms with van der Waals surface area (Å²) in [5, 5.41) is 0. The van der Waals surface area contributed by atoms with Gasteiger partial charge in [-0.3, -0.25) is 4.79 Å². The first kappa shape index (κ1) is 30.5. The molecule has 0 saturated carbocycles. The minimum atomic E-state index is -4.11. The van der Waals surface area contributed by atoms with Gasteiger partial charge in [-0.1, -0.05) is 38.1 Å². The fourth-order valence-corrected chi connectivity index (χ4v) is 5.93. The van der Waals surface area contributed by atoms with Crippen LogP contribution in [0.4, 0.5) is 5.95 Å². The molecule has 41 heavy (non-hydrogen) atoms. The normalized spacial score (nSPS) is 17.2. The summed E-state index contributed by atoms with van der Waals surface area (Å²) in [5.41, 5.74) is 3.28. The molecule has 1 aromatic heterocycles. The largest absolute Gasteiger partial charge is 0.475 e. The molecule has 2 heterocycles. The van der Waals surface area contributed by atoms with Gasteiger partial charge in [0.15, 0.2) is 0 Å². The SMILES string of the molecule is Cc1cccc(C)c1-c1cc2nc(n1)NS(=O)(=O)c1cccc(c1)C(=O)N(CCOC(C)(C)C)[C@H](CC(C)C)CO2. The average Bonchev–Trinajstić information content (AvgIpc) is 2.87. The van der Waals surface area contributed by atoms with Gasteiger partial charge in [-0.2, -0.15) is 4.98 Å². The van der Waals surface area contributed by atoms with Crippen molar-refractivity contribution in [3.05, 3.63) is 65.2 Å². The molecule has 0 aliphatic carbocycles. The Morgan fingerprint density at radius 3 is 2.41 bits per heavy atom. The van der Waals surface area contributed by atoms with Gasteiger partial charge in [0.05, 0.1) is 28.8 Å². The lowest BCUT2D eigenvalue weighted by Gasteiger charge is -2.34. The first-order valence-electron chi connectivity index (χ1n) is 13.9. The van der Waals surface area contributed by atoms with Crippen LogP contribution in [0.1, 0.15) is 62.5 Å². The fourth-order valence-electron chi connectivity index (χ4n) is 4.94. The van der Waals surface area contributed by atoms with E-state index in [1.807, 2.05) is 52.8 Å². The number of rotatable bonds is 6. The van der Waals surface area contributed by atoms with E-state index in [-0.39, 0.29) is 52.4 Å². The molecule has 0 radical (unpaired) electrons. The summed E-state index contributed by atoms with van der Waals surface area (Å²) in [7, 11) is -4.11. The molecule has 1 aliphatic heterocycles. The third kappa shape index (κ3) is 7.62. The zero-order valence-corrected chi connectivity index (χ0v) is 25.7.